The number of amides is 2. The molecule has 3 rings (SSSR count). The van der Waals surface area contributed by atoms with Crippen LogP contribution in [-0.4, -0.2) is 60.1 Å². The van der Waals surface area contributed by atoms with Crippen LogP contribution in [0, 0.1) is 5.92 Å². The van der Waals surface area contributed by atoms with E-state index in [0.29, 0.717) is 48.0 Å². The van der Waals surface area contributed by atoms with Gasteiger partial charge in [-0.3, -0.25) is 19.7 Å². The average Bonchev–Trinajstić information content (AvgIpc) is 2.86. The molecule has 37 heavy (non-hydrogen) atoms. The van der Waals surface area contributed by atoms with Crippen molar-refractivity contribution in [2.45, 2.75) is 39.2 Å². The van der Waals surface area contributed by atoms with Crippen molar-refractivity contribution >= 4 is 51.0 Å². The third kappa shape index (κ3) is 8.82. The van der Waals surface area contributed by atoms with Gasteiger partial charge in [-0.15, -0.1) is 0 Å². The van der Waals surface area contributed by atoms with Gasteiger partial charge in [0, 0.05) is 25.1 Å². The summed E-state index contributed by atoms with van der Waals surface area (Å²) in [5.41, 5.74) is 1.55. The molecule has 0 bridgehead atoms. The monoisotopic (exact) mass is 589 g/mol. The van der Waals surface area contributed by atoms with Crippen LogP contribution in [0.4, 0.5) is 0 Å². The Balaban J connectivity index is 1.56. The fraction of sp³-hybridized carbons (Fsp3) is 0.407. The molecule has 2 N–H and O–H groups in total. The van der Waals surface area contributed by atoms with Crippen LogP contribution in [0.2, 0.25) is 0 Å². The molecule has 1 aliphatic rings. The van der Waals surface area contributed by atoms with Crippen LogP contribution in [-0.2, 0) is 20.7 Å². The van der Waals surface area contributed by atoms with E-state index in [0.717, 1.165) is 12.8 Å². The third-order valence-corrected chi connectivity index (χ3v) is 6.77. The minimum Gasteiger partial charge on any atom is -0.492 e. The minimum atomic E-state index is -0.847. The average molecular weight is 591 g/mol. The fourth-order valence-electron chi connectivity index (χ4n) is 3.71. The standard InChI is InChI=1S/C27H32BrN3O5S/c1-18(2)10-14-36-24(32)17-22-26(34)29-12-13-31(22)27(37)30-25(33)20-8-9-23(21(28)16-20)35-15-11-19-6-4-3-5-7-19/h3-9,16,18,22H,10-15,17H2,1-2H3,(H,29,34)(H,30,33,37). The first-order valence-corrected chi connectivity index (χ1v) is 13.5. The maximum Gasteiger partial charge on any atom is 0.308 e. The Labute approximate surface area is 231 Å². The second kappa shape index (κ2) is 14.1. The van der Waals surface area contributed by atoms with Gasteiger partial charge in [0.1, 0.15) is 11.8 Å². The van der Waals surface area contributed by atoms with Crippen molar-refractivity contribution in [3.05, 3.63) is 64.1 Å². The van der Waals surface area contributed by atoms with Crippen LogP contribution in [0.3, 0.4) is 0 Å². The Morgan fingerprint density at radius 1 is 1.19 bits per heavy atom. The maximum atomic E-state index is 12.9. The molecular weight excluding hydrogens is 558 g/mol. The summed E-state index contributed by atoms with van der Waals surface area (Å²) in [6.07, 6.45) is 1.35. The Morgan fingerprint density at radius 2 is 1.95 bits per heavy atom. The Kier molecular flexibility index (Phi) is 10.9. The van der Waals surface area contributed by atoms with Gasteiger partial charge in [0.15, 0.2) is 5.11 Å². The van der Waals surface area contributed by atoms with Gasteiger partial charge >= 0.3 is 5.97 Å². The summed E-state index contributed by atoms with van der Waals surface area (Å²) >= 11 is 8.91. The predicted octanol–water partition coefficient (Wildman–Crippen LogP) is 3.87. The molecule has 2 aromatic rings. The summed E-state index contributed by atoms with van der Waals surface area (Å²) in [7, 11) is 0. The number of nitrogens with zero attached hydrogens (tertiary/aromatic N) is 1. The molecule has 1 saturated heterocycles. The summed E-state index contributed by atoms with van der Waals surface area (Å²) in [5.74, 6) is -0.207. The normalized spacial score (nSPS) is 15.2. The first-order chi connectivity index (χ1) is 17.7. The Bertz CT molecular complexity index is 1110. The molecule has 1 atom stereocenters. The van der Waals surface area contributed by atoms with Crippen LogP contribution >= 0.6 is 28.1 Å². The van der Waals surface area contributed by atoms with Gasteiger partial charge in [-0.05, 0) is 64.2 Å². The number of hydrogen-bond donors (Lipinski definition) is 2. The van der Waals surface area contributed by atoms with Gasteiger partial charge in [0.05, 0.1) is 24.1 Å². The molecule has 1 unspecified atom stereocenters. The van der Waals surface area contributed by atoms with Gasteiger partial charge in [-0.2, -0.15) is 0 Å². The highest BCUT2D eigenvalue weighted by Crippen LogP contribution is 2.26. The lowest BCUT2D eigenvalue weighted by atomic mass is 10.1. The Morgan fingerprint density at radius 3 is 2.65 bits per heavy atom. The van der Waals surface area contributed by atoms with E-state index in [2.05, 4.69) is 26.6 Å². The van der Waals surface area contributed by atoms with Crippen molar-refractivity contribution in [1.82, 2.24) is 15.5 Å². The van der Waals surface area contributed by atoms with E-state index in [1.54, 1.807) is 23.1 Å². The fourth-order valence-corrected chi connectivity index (χ4v) is 4.51. The SMILES string of the molecule is CC(C)CCOC(=O)CC1C(=O)NCCN1C(=S)NC(=O)c1ccc(OCCc2ccccc2)c(Br)c1. The van der Waals surface area contributed by atoms with Gasteiger partial charge in [0.25, 0.3) is 5.91 Å². The van der Waals surface area contributed by atoms with E-state index >= 15 is 0 Å². The van der Waals surface area contributed by atoms with Crippen LogP contribution in [0.5, 0.6) is 5.75 Å². The zero-order valence-corrected chi connectivity index (χ0v) is 23.4. The number of halogens is 1. The number of hydrogen-bond acceptors (Lipinski definition) is 6. The van der Waals surface area contributed by atoms with Crippen LogP contribution in [0.1, 0.15) is 42.6 Å². The number of carbonyl (C=O) groups is 3. The van der Waals surface area contributed by atoms with Gasteiger partial charge < -0.3 is 19.7 Å². The summed E-state index contributed by atoms with van der Waals surface area (Å²) in [6, 6.07) is 14.2. The lowest BCUT2D eigenvalue weighted by Crippen LogP contribution is -2.60. The first kappa shape index (κ1) is 28.6. The van der Waals surface area contributed by atoms with E-state index in [9.17, 15) is 14.4 Å². The molecule has 2 amide bonds. The molecule has 198 valence electrons. The second-order valence-corrected chi connectivity index (χ2v) is 10.3. The molecule has 10 heteroatoms. The number of carbonyl (C=O) groups excluding carboxylic acids is 3. The van der Waals surface area contributed by atoms with Crippen molar-refractivity contribution in [1.29, 1.82) is 0 Å². The quantitative estimate of drug-likeness (QED) is 0.321. The lowest BCUT2D eigenvalue weighted by Gasteiger charge is -2.36. The first-order valence-electron chi connectivity index (χ1n) is 12.3. The summed E-state index contributed by atoms with van der Waals surface area (Å²) in [4.78, 5) is 39.2. The topological polar surface area (TPSA) is 97.0 Å². The van der Waals surface area contributed by atoms with E-state index in [-0.39, 0.29) is 17.4 Å². The molecule has 0 saturated carbocycles. The largest absolute Gasteiger partial charge is 0.492 e. The number of piperazine rings is 1. The molecule has 8 nitrogen and oxygen atoms in total. The van der Waals surface area contributed by atoms with Crippen molar-refractivity contribution in [3.63, 3.8) is 0 Å². The van der Waals surface area contributed by atoms with Crippen molar-refractivity contribution in [3.8, 4) is 5.75 Å². The molecule has 1 aliphatic heterocycles. The smallest absolute Gasteiger partial charge is 0.308 e. The highest BCUT2D eigenvalue weighted by Gasteiger charge is 2.34. The number of benzene rings is 2. The Hall–Kier alpha value is -2.98. The maximum absolute atomic E-state index is 12.9. The van der Waals surface area contributed by atoms with Crippen molar-refractivity contribution in [2.75, 3.05) is 26.3 Å². The van der Waals surface area contributed by atoms with E-state index < -0.39 is 17.9 Å². The zero-order valence-electron chi connectivity index (χ0n) is 21.0. The molecule has 0 spiro atoms. The van der Waals surface area contributed by atoms with E-state index in [4.69, 9.17) is 21.7 Å². The predicted molar refractivity (Wildman–Crippen MR) is 148 cm³/mol. The van der Waals surface area contributed by atoms with Gasteiger partial charge in [-0.1, -0.05) is 44.2 Å². The highest BCUT2D eigenvalue weighted by atomic mass is 79.9. The van der Waals surface area contributed by atoms with Crippen LogP contribution in [0.15, 0.2) is 53.0 Å². The van der Waals surface area contributed by atoms with E-state index in [1.165, 1.54) is 5.56 Å². The number of nitrogens with one attached hydrogen (secondary N) is 2. The highest BCUT2D eigenvalue weighted by molar-refractivity contribution is 9.10. The minimum absolute atomic E-state index is 0.0825. The molecule has 0 aromatic heterocycles. The number of esters is 1. The van der Waals surface area contributed by atoms with Gasteiger partial charge in [-0.25, -0.2) is 0 Å². The number of ether oxygens (including phenoxy) is 2. The summed E-state index contributed by atoms with van der Waals surface area (Å²) in [6.45, 7) is 5.59. The van der Waals surface area contributed by atoms with Crippen LogP contribution in [0.25, 0.3) is 0 Å². The van der Waals surface area contributed by atoms with Crippen molar-refractivity contribution < 1.29 is 23.9 Å². The van der Waals surface area contributed by atoms with Crippen LogP contribution < -0.4 is 15.4 Å². The zero-order chi connectivity index (χ0) is 26.8. The summed E-state index contributed by atoms with van der Waals surface area (Å²) in [5, 5.41) is 5.51. The molecule has 1 fully saturated rings. The summed E-state index contributed by atoms with van der Waals surface area (Å²) < 4.78 is 11.8. The number of rotatable bonds is 10. The van der Waals surface area contributed by atoms with Gasteiger partial charge in [0.2, 0.25) is 5.91 Å². The lowest BCUT2D eigenvalue weighted by molar-refractivity contribution is -0.147. The molecule has 2 aromatic carbocycles. The molecule has 0 aliphatic carbocycles. The van der Waals surface area contributed by atoms with E-state index in [1.807, 2.05) is 44.2 Å². The molecule has 0 radical (unpaired) electrons. The number of thiocarbonyl (C=S) groups is 1. The second-order valence-electron chi connectivity index (χ2n) is 9.10. The molecular formula is C27H32BrN3O5S. The molecule has 1 heterocycles. The third-order valence-electron chi connectivity index (χ3n) is 5.82. The van der Waals surface area contributed by atoms with Crippen molar-refractivity contribution in [2.24, 2.45) is 5.92 Å².